The van der Waals surface area contributed by atoms with Gasteiger partial charge in [-0.05, 0) is 41.8 Å². The van der Waals surface area contributed by atoms with Crippen LogP contribution in [0, 0.1) is 5.82 Å². The number of carbonyl (C=O) groups excluding carboxylic acids is 2. The Bertz CT molecular complexity index is 842. The number of carboxylic acids is 1. The molecule has 1 N–H and O–H groups in total. The van der Waals surface area contributed by atoms with Crippen LogP contribution in [0.4, 0.5) is 4.39 Å². The molecule has 136 valence electrons. The van der Waals surface area contributed by atoms with Gasteiger partial charge in [0.15, 0.2) is 17.3 Å². The molecule has 0 bridgehead atoms. The molecule has 0 aliphatic heterocycles. The maximum absolute atomic E-state index is 13.0. The predicted molar refractivity (Wildman–Crippen MR) is 90.3 cm³/mol. The zero-order valence-electron chi connectivity index (χ0n) is 14.2. The number of ether oxygens (including phenoxy) is 2. The molecule has 0 fully saturated rings. The third-order valence-corrected chi connectivity index (χ3v) is 3.72. The molecule has 7 heteroatoms. The van der Waals surface area contributed by atoms with Crippen molar-refractivity contribution >= 4 is 17.5 Å². The molecule has 0 aliphatic rings. The van der Waals surface area contributed by atoms with Gasteiger partial charge in [-0.2, -0.15) is 0 Å². The fourth-order valence-electron chi connectivity index (χ4n) is 2.49. The van der Waals surface area contributed by atoms with Crippen LogP contribution in [0.1, 0.15) is 27.9 Å². The van der Waals surface area contributed by atoms with Crippen LogP contribution in [0.5, 0.6) is 11.5 Å². The van der Waals surface area contributed by atoms with Crippen LogP contribution in [0.25, 0.3) is 0 Å². The lowest BCUT2D eigenvalue weighted by molar-refractivity contribution is -0.148. The second-order valence-electron chi connectivity index (χ2n) is 5.51. The molecule has 0 radical (unpaired) electrons. The van der Waals surface area contributed by atoms with E-state index in [1.54, 1.807) is 18.2 Å². The minimum atomic E-state index is -1.67. The first-order valence-corrected chi connectivity index (χ1v) is 7.64. The van der Waals surface area contributed by atoms with Crippen LogP contribution in [0.15, 0.2) is 36.4 Å². The van der Waals surface area contributed by atoms with Crippen molar-refractivity contribution in [1.82, 2.24) is 0 Å². The first kappa shape index (κ1) is 19.1. The van der Waals surface area contributed by atoms with Crippen molar-refractivity contribution in [2.24, 2.45) is 0 Å². The Balaban J connectivity index is 2.41. The van der Waals surface area contributed by atoms with E-state index in [0.717, 1.165) is 5.56 Å². The summed E-state index contributed by atoms with van der Waals surface area (Å²) in [5.41, 5.74) is 1.53. The van der Waals surface area contributed by atoms with Gasteiger partial charge in [-0.1, -0.05) is 12.1 Å². The second-order valence-corrected chi connectivity index (χ2v) is 5.51. The Morgan fingerprint density at radius 1 is 1.00 bits per heavy atom. The molecule has 2 rings (SSSR count). The van der Waals surface area contributed by atoms with Gasteiger partial charge < -0.3 is 14.6 Å². The normalized spacial score (nSPS) is 10.3. The van der Waals surface area contributed by atoms with E-state index in [2.05, 4.69) is 0 Å². The summed E-state index contributed by atoms with van der Waals surface area (Å²) in [7, 11) is 2.74. The first-order chi connectivity index (χ1) is 12.3. The van der Waals surface area contributed by atoms with Crippen LogP contribution in [-0.4, -0.2) is 36.9 Å². The molecule has 26 heavy (non-hydrogen) atoms. The number of benzene rings is 2. The number of Topliss-reactive ketones (excluding diaryl/α,β-unsaturated/α-hetero) is 2. The van der Waals surface area contributed by atoms with Crippen molar-refractivity contribution in [3.63, 3.8) is 0 Å². The molecule has 0 aliphatic carbocycles. The maximum atomic E-state index is 13.0. The number of carboxylic acid groups (broad SMARTS) is 1. The van der Waals surface area contributed by atoms with Crippen molar-refractivity contribution in [2.75, 3.05) is 14.2 Å². The van der Waals surface area contributed by atoms with E-state index in [9.17, 15) is 18.8 Å². The fourth-order valence-corrected chi connectivity index (χ4v) is 2.49. The highest BCUT2D eigenvalue weighted by Crippen LogP contribution is 2.34. The largest absolute Gasteiger partial charge is 0.493 e. The SMILES string of the molecule is COc1cc(Cc2ccc(F)cc2)cc(C(=O)CC(=O)C(=O)O)c1OC. The summed E-state index contributed by atoms with van der Waals surface area (Å²) < 4.78 is 23.5. The summed E-state index contributed by atoms with van der Waals surface area (Å²) in [4.78, 5) is 34.4. The Hall–Kier alpha value is -3.22. The first-order valence-electron chi connectivity index (χ1n) is 7.64. The predicted octanol–water partition coefficient (Wildman–Crippen LogP) is 2.66. The van der Waals surface area contributed by atoms with Crippen molar-refractivity contribution in [3.8, 4) is 11.5 Å². The highest BCUT2D eigenvalue weighted by molar-refractivity contribution is 6.37. The number of hydrogen-bond donors (Lipinski definition) is 1. The van der Waals surface area contributed by atoms with E-state index in [4.69, 9.17) is 14.6 Å². The molecular weight excluding hydrogens is 343 g/mol. The topological polar surface area (TPSA) is 89.9 Å². The Morgan fingerprint density at radius 3 is 2.19 bits per heavy atom. The summed E-state index contributed by atoms with van der Waals surface area (Å²) in [6, 6.07) is 9.06. The quantitative estimate of drug-likeness (QED) is 0.442. The van der Waals surface area contributed by atoms with Crippen molar-refractivity contribution < 1.29 is 33.4 Å². The summed E-state index contributed by atoms with van der Waals surface area (Å²) in [6.07, 6.45) is -0.400. The second kappa shape index (κ2) is 8.24. The number of hydrogen-bond acceptors (Lipinski definition) is 5. The zero-order valence-corrected chi connectivity index (χ0v) is 14.2. The summed E-state index contributed by atoms with van der Waals surface area (Å²) in [6.45, 7) is 0. The molecule has 0 saturated carbocycles. The van der Waals surface area contributed by atoms with Crippen molar-refractivity contribution in [1.29, 1.82) is 0 Å². The molecule has 0 heterocycles. The van der Waals surface area contributed by atoms with Gasteiger partial charge in [-0.3, -0.25) is 9.59 Å². The number of aliphatic carboxylic acids is 1. The average molecular weight is 360 g/mol. The molecule has 0 amide bonds. The van der Waals surface area contributed by atoms with Gasteiger partial charge >= 0.3 is 5.97 Å². The van der Waals surface area contributed by atoms with Gasteiger partial charge in [0.2, 0.25) is 5.78 Å². The lowest BCUT2D eigenvalue weighted by atomic mass is 9.97. The van der Waals surface area contributed by atoms with Gasteiger partial charge in [-0.25, -0.2) is 9.18 Å². The van der Waals surface area contributed by atoms with E-state index < -0.39 is 24.0 Å². The van der Waals surface area contributed by atoms with Gasteiger partial charge in [0.05, 0.1) is 26.2 Å². The highest BCUT2D eigenvalue weighted by atomic mass is 19.1. The van der Waals surface area contributed by atoms with E-state index >= 15 is 0 Å². The fraction of sp³-hybridized carbons (Fsp3) is 0.211. The maximum Gasteiger partial charge on any atom is 0.372 e. The Labute approximate surface area is 149 Å². The van der Waals surface area contributed by atoms with E-state index in [0.29, 0.717) is 12.0 Å². The van der Waals surface area contributed by atoms with Crippen LogP contribution in [-0.2, 0) is 16.0 Å². The average Bonchev–Trinajstić information content (AvgIpc) is 2.62. The van der Waals surface area contributed by atoms with Crippen LogP contribution in [0.2, 0.25) is 0 Å². The molecule has 2 aromatic carbocycles. The molecule has 6 nitrogen and oxygen atoms in total. The number of rotatable bonds is 8. The minimum absolute atomic E-state index is 0.0542. The van der Waals surface area contributed by atoms with Crippen molar-refractivity contribution in [3.05, 3.63) is 58.9 Å². The lowest BCUT2D eigenvalue weighted by Crippen LogP contribution is -2.18. The lowest BCUT2D eigenvalue weighted by Gasteiger charge is -2.14. The van der Waals surface area contributed by atoms with Gasteiger partial charge in [0, 0.05) is 0 Å². The van der Waals surface area contributed by atoms with E-state index in [1.165, 1.54) is 32.4 Å². The smallest absolute Gasteiger partial charge is 0.372 e. The van der Waals surface area contributed by atoms with Crippen LogP contribution in [0.3, 0.4) is 0 Å². The van der Waals surface area contributed by atoms with Gasteiger partial charge in [0.1, 0.15) is 5.82 Å². The third-order valence-electron chi connectivity index (χ3n) is 3.72. The molecule has 0 saturated heterocycles. The molecule has 0 aromatic heterocycles. The van der Waals surface area contributed by atoms with E-state index in [-0.39, 0.29) is 22.9 Å². The number of methoxy groups -OCH3 is 2. The number of ketones is 2. The Kier molecular flexibility index (Phi) is 6.06. The van der Waals surface area contributed by atoms with Gasteiger partial charge in [-0.15, -0.1) is 0 Å². The molecule has 0 unspecified atom stereocenters. The molecule has 0 atom stereocenters. The zero-order chi connectivity index (χ0) is 19.3. The molecule has 2 aromatic rings. The summed E-state index contributed by atoms with van der Waals surface area (Å²) in [5, 5.41) is 8.69. The number of halogens is 1. The van der Waals surface area contributed by atoms with Crippen LogP contribution >= 0.6 is 0 Å². The van der Waals surface area contributed by atoms with Gasteiger partial charge in [0.25, 0.3) is 0 Å². The van der Waals surface area contributed by atoms with Crippen molar-refractivity contribution in [2.45, 2.75) is 12.8 Å². The minimum Gasteiger partial charge on any atom is -0.493 e. The number of carbonyl (C=O) groups is 3. The monoisotopic (exact) mass is 360 g/mol. The summed E-state index contributed by atoms with van der Waals surface area (Å²) >= 11 is 0. The molecule has 0 spiro atoms. The molecular formula is C19H17FO6. The highest BCUT2D eigenvalue weighted by Gasteiger charge is 2.23. The van der Waals surface area contributed by atoms with Crippen LogP contribution < -0.4 is 9.47 Å². The third kappa shape index (κ3) is 4.44. The Morgan fingerprint density at radius 2 is 1.65 bits per heavy atom. The van der Waals surface area contributed by atoms with E-state index in [1.807, 2.05) is 0 Å². The summed E-state index contributed by atoms with van der Waals surface area (Å²) in [5.74, 6) is -3.53. The standard InChI is InChI=1S/C19H17FO6/c1-25-17-9-12(7-11-3-5-13(20)6-4-11)8-14(18(17)26-2)15(21)10-16(22)19(23)24/h3-6,8-9H,7,10H2,1-2H3,(H,23,24).